The minimum absolute atomic E-state index is 0.144. The van der Waals surface area contributed by atoms with Crippen molar-refractivity contribution in [1.82, 2.24) is 29.4 Å². The van der Waals surface area contributed by atoms with Gasteiger partial charge in [0.05, 0.1) is 19.5 Å². The van der Waals surface area contributed by atoms with Crippen molar-refractivity contribution in [2.45, 2.75) is 38.9 Å². The molecule has 10 nitrogen and oxygen atoms in total. The Morgan fingerprint density at radius 3 is 2.25 bits per heavy atom. The fourth-order valence-corrected chi connectivity index (χ4v) is 4.84. The molecule has 4 heterocycles. The Morgan fingerprint density at radius 2 is 1.58 bits per heavy atom. The predicted molar refractivity (Wildman–Crippen MR) is 141 cm³/mol. The van der Waals surface area contributed by atoms with Crippen LogP contribution in [0.3, 0.4) is 0 Å². The number of hydrogen-bond donors (Lipinski definition) is 1. The van der Waals surface area contributed by atoms with Gasteiger partial charge in [0.1, 0.15) is 0 Å². The number of hydrogen-bond acceptors (Lipinski definition) is 9. The Hall–Kier alpha value is -3.24. The first-order chi connectivity index (χ1) is 17.7. The molecule has 2 aliphatic rings. The highest BCUT2D eigenvalue weighted by molar-refractivity contribution is 5.46. The molecule has 0 spiro atoms. The highest BCUT2D eigenvalue weighted by Gasteiger charge is 2.21. The molecule has 5 rings (SSSR count). The smallest absolute Gasteiger partial charge is 0.232 e. The van der Waals surface area contributed by atoms with Crippen molar-refractivity contribution >= 4 is 17.8 Å². The molecule has 10 heteroatoms. The maximum absolute atomic E-state index is 5.55. The number of morpholine rings is 1. The van der Waals surface area contributed by atoms with Crippen molar-refractivity contribution < 1.29 is 4.74 Å². The zero-order chi connectivity index (χ0) is 24.6. The zero-order valence-corrected chi connectivity index (χ0v) is 21.2. The molecule has 2 aromatic heterocycles. The van der Waals surface area contributed by atoms with Gasteiger partial charge >= 0.3 is 0 Å². The Bertz CT molecular complexity index is 1050. The lowest BCUT2D eigenvalue weighted by Gasteiger charge is -2.32. The number of nitrogens with zero attached hydrogens (tertiary/aromatic N) is 8. The number of aromatic nitrogens is 5. The maximum Gasteiger partial charge on any atom is 0.232 e. The largest absolute Gasteiger partial charge is 0.378 e. The molecule has 0 radical (unpaired) electrons. The van der Waals surface area contributed by atoms with Crippen molar-refractivity contribution in [3.8, 4) is 0 Å². The summed E-state index contributed by atoms with van der Waals surface area (Å²) in [7, 11) is 0. The topological polar surface area (TPSA) is 87.5 Å². The first-order valence-corrected chi connectivity index (χ1v) is 13.1. The van der Waals surface area contributed by atoms with Gasteiger partial charge < -0.3 is 24.4 Å². The van der Waals surface area contributed by atoms with Gasteiger partial charge in [0.2, 0.25) is 17.8 Å². The minimum Gasteiger partial charge on any atom is -0.378 e. The highest BCUT2D eigenvalue weighted by Crippen LogP contribution is 2.20. The van der Waals surface area contributed by atoms with Crippen LogP contribution in [0.15, 0.2) is 49.1 Å². The van der Waals surface area contributed by atoms with Crippen LogP contribution >= 0.6 is 0 Å². The Morgan fingerprint density at radius 1 is 0.889 bits per heavy atom. The third kappa shape index (κ3) is 6.70. The van der Waals surface area contributed by atoms with E-state index in [0.717, 1.165) is 77.1 Å². The fraction of sp³-hybridized carbons (Fsp3) is 0.538. The molecular formula is C26H37N9O. The van der Waals surface area contributed by atoms with E-state index < -0.39 is 0 Å². The molecule has 0 amide bonds. The first-order valence-electron chi connectivity index (χ1n) is 13.1. The Balaban J connectivity index is 1.28. The van der Waals surface area contributed by atoms with Gasteiger partial charge in [0.25, 0.3) is 0 Å². The van der Waals surface area contributed by atoms with Crippen molar-refractivity contribution in [3.63, 3.8) is 0 Å². The van der Waals surface area contributed by atoms with Gasteiger partial charge in [0.15, 0.2) is 0 Å². The number of ether oxygens (including phenoxy) is 1. The summed E-state index contributed by atoms with van der Waals surface area (Å²) in [6.45, 7) is 10.9. The third-order valence-electron chi connectivity index (χ3n) is 6.66. The van der Waals surface area contributed by atoms with Crippen LogP contribution in [0.4, 0.5) is 17.8 Å². The highest BCUT2D eigenvalue weighted by atomic mass is 16.5. The van der Waals surface area contributed by atoms with Crippen molar-refractivity contribution in [2.24, 2.45) is 0 Å². The maximum atomic E-state index is 5.55. The van der Waals surface area contributed by atoms with Gasteiger partial charge in [-0.15, -0.1) is 0 Å². The van der Waals surface area contributed by atoms with E-state index in [1.54, 1.807) is 6.20 Å². The summed E-state index contributed by atoms with van der Waals surface area (Å²) in [5.41, 5.74) is 1.38. The van der Waals surface area contributed by atoms with Gasteiger partial charge in [-0.25, -0.2) is 4.98 Å². The molecular weight excluding hydrogens is 454 g/mol. The Labute approximate surface area is 213 Å². The summed E-state index contributed by atoms with van der Waals surface area (Å²) in [5, 5.41) is 3.50. The average Bonchev–Trinajstić information content (AvgIpc) is 3.39. The monoisotopic (exact) mass is 491 g/mol. The van der Waals surface area contributed by atoms with Crippen LogP contribution in [0, 0.1) is 0 Å². The molecule has 192 valence electrons. The van der Waals surface area contributed by atoms with E-state index in [1.165, 1.54) is 5.56 Å². The van der Waals surface area contributed by atoms with Crippen molar-refractivity contribution in [3.05, 3.63) is 54.6 Å². The van der Waals surface area contributed by atoms with Crippen LogP contribution in [-0.4, -0.2) is 87.9 Å². The third-order valence-corrected chi connectivity index (χ3v) is 6.66. The number of benzene rings is 1. The number of rotatable bonds is 8. The van der Waals surface area contributed by atoms with Crippen LogP contribution in [0.25, 0.3) is 0 Å². The predicted octanol–water partition coefficient (Wildman–Crippen LogP) is 2.51. The number of nitrogens with one attached hydrogen (secondary N) is 1. The van der Waals surface area contributed by atoms with Gasteiger partial charge in [0, 0.05) is 70.8 Å². The number of imidazole rings is 1. The molecule has 1 unspecified atom stereocenters. The van der Waals surface area contributed by atoms with E-state index in [0.29, 0.717) is 19.2 Å². The summed E-state index contributed by atoms with van der Waals surface area (Å²) in [5.74, 6) is 2.12. The molecule has 1 aromatic carbocycles. The summed E-state index contributed by atoms with van der Waals surface area (Å²) >= 11 is 0. The molecule has 0 bridgehead atoms. The van der Waals surface area contributed by atoms with Crippen molar-refractivity contribution in [2.75, 3.05) is 67.6 Å². The van der Waals surface area contributed by atoms with Crippen LogP contribution in [0.5, 0.6) is 0 Å². The van der Waals surface area contributed by atoms with Crippen LogP contribution in [-0.2, 0) is 17.8 Å². The van der Waals surface area contributed by atoms with Crippen LogP contribution in [0.2, 0.25) is 0 Å². The van der Waals surface area contributed by atoms with E-state index in [-0.39, 0.29) is 6.04 Å². The SMILES string of the molecule is CC(Cn1ccnc1)Nc1nc(N2CCCN(Cc3ccccc3)CCC2)nc(N2CCOCC2)n1. The summed E-state index contributed by atoms with van der Waals surface area (Å²) in [4.78, 5) is 25.8. The quantitative estimate of drug-likeness (QED) is 0.511. The molecule has 1 atom stereocenters. The van der Waals surface area contributed by atoms with E-state index in [9.17, 15) is 0 Å². The Kier molecular flexibility index (Phi) is 8.24. The normalized spacial score (nSPS) is 18.5. The van der Waals surface area contributed by atoms with E-state index in [2.05, 4.69) is 66.8 Å². The van der Waals surface area contributed by atoms with Crippen molar-refractivity contribution in [1.29, 1.82) is 0 Å². The lowest BCUT2D eigenvalue weighted by atomic mass is 10.2. The van der Waals surface area contributed by atoms with Gasteiger partial charge in [-0.1, -0.05) is 30.3 Å². The lowest BCUT2D eigenvalue weighted by Crippen LogP contribution is -2.39. The van der Waals surface area contributed by atoms with Gasteiger partial charge in [-0.2, -0.15) is 15.0 Å². The summed E-state index contributed by atoms with van der Waals surface area (Å²) < 4.78 is 7.61. The molecule has 3 aromatic rings. The second kappa shape index (κ2) is 12.1. The molecule has 2 saturated heterocycles. The van der Waals surface area contributed by atoms with E-state index in [4.69, 9.17) is 19.7 Å². The average molecular weight is 492 g/mol. The summed E-state index contributed by atoms with van der Waals surface area (Å²) in [6, 6.07) is 10.9. The molecule has 0 aliphatic carbocycles. The van der Waals surface area contributed by atoms with Gasteiger partial charge in [-0.05, 0) is 25.3 Å². The zero-order valence-electron chi connectivity index (χ0n) is 21.2. The molecule has 2 fully saturated rings. The lowest BCUT2D eigenvalue weighted by molar-refractivity contribution is 0.122. The molecule has 2 aliphatic heterocycles. The molecule has 36 heavy (non-hydrogen) atoms. The van der Waals surface area contributed by atoms with Gasteiger partial charge in [-0.3, -0.25) is 4.90 Å². The van der Waals surface area contributed by atoms with E-state index >= 15 is 0 Å². The second-order valence-electron chi connectivity index (χ2n) is 9.62. The van der Waals surface area contributed by atoms with Crippen LogP contribution < -0.4 is 15.1 Å². The molecule has 0 saturated carbocycles. The molecule has 1 N–H and O–H groups in total. The number of anilines is 3. The standard InChI is InChI=1S/C26H37N9O/c1-22(19-33-14-9-27-21-33)28-24-29-25(31-26(30-24)35-15-17-36-18-16-35)34-12-5-10-32(11-6-13-34)20-23-7-3-2-4-8-23/h2-4,7-9,14,21-22H,5-6,10-13,15-20H2,1H3,(H,28,29,30,31). The minimum atomic E-state index is 0.144. The second-order valence-corrected chi connectivity index (χ2v) is 9.62. The van der Waals surface area contributed by atoms with Crippen LogP contribution in [0.1, 0.15) is 25.3 Å². The fourth-order valence-electron chi connectivity index (χ4n) is 4.84. The summed E-state index contributed by atoms with van der Waals surface area (Å²) in [6.07, 6.45) is 7.75. The first kappa shape index (κ1) is 24.5. The van der Waals surface area contributed by atoms with E-state index in [1.807, 2.05) is 12.5 Å².